The zero-order valence-corrected chi connectivity index (χ0v) is 14.0. The van der Waals surface area contributed by atoms with Gasteiger partial charge in [0.2, 0.25) is 0 Å². The molecule has 2 N–H and O–H groups in total. The highest BCUT2D eigenvalue weighted by molar-refractivity contribution is 5.24. The van der Waals surface area contributed by atoms with Crippen molar-refractivity contribution < 1.29 is 14.9 Å². The van der Waals surface area contributed by atoms with Crippen LogP contribution in [-0.4, -0.2) is 10.2 Å². The van der Waals surface area contributed by atoms with Gasteiger partial charge in [0.1, 0.15) is 23.0 Å². The van der Waals surface area contributed by atoms with Crippen LogP contribution in [0.4, 0.5) is 0 Å². The summed E-state index contributed by atoms with van der Waals surface area (Å²) in [5, 5.41) is 17.3. The third-order valence-corrected chi connectivity index (χ3v) is 3.25. The number of hydrogen-bond donors (Lipinski definition) is 2. The van der Waals surface area contributed by atoms with Crippen LogP contribution in [0.2, 0.25) is 0 Å². The van der Waals surface area contributed by atoms with Crippen LogP contribution in [0.1, 0.15) is 12.8 Å². The van der Waals surface area contributed by atoms with Crippen molar-refractivity contribution in [2.45, 2.75) is 12.8 Å². The lowest BCUT2D eigenvalue weighted by molar-refractivity contribution is 0.296. The van der Waals surface area contributed by atoms with Crippen molar-refractivity contribution in [3.05, 3.63) is 109 Å². The molecule has 0 heterocycles. The Morgan fingerprint density at radius 3 is 1.24 bits per heavy atom. The number of phenolic OH excluding ortho intramolecular Hbond substituents is 2. The SMILES string of the molecule is C1=CCC(OC2=CC=CC2)=C1.Oc1ccccc1.Oc1ccccc1. The Morgan fingerprint density at radius 1 is 0.600 bits per heavy atom. The maximum Gasteiger partial charge on any atom is 0.115 e. The van der Waals surface area contributed by atoms with E-state index in [-0.39, 0.29) is 0 Å². The second-order valence-electron chi connectivity index (χ2n) is 5.30. The molecule has 2 aliphatic carbocycles. The average Bonchev–Trinajstić information content (AvgIpc) is 3.32. The number of benzene rings is 2. The number of allylic oxidation sites excluding steroid dienone is 6. The summed E-state index contributed by atoms with van der Waals surface area (Å²) in [5.41, 5.74) is 0. The van der Waals surface area contributed by atoms with Crippen LogP contribution in [0.25, 0.3) is 0 Å². The first-order chi connectivity index (χ1) is 12.2. The van der Waals surface area contributed by atoms with Gasteiger partial charge in [-0.3, -0.25) is 0 Å². The fourth-order valence-corrected chi connectivity index (χ4v) is 2.03. The van der Waals surface area contributed by atoms with Gasteiger partial charge in [0.15, 0.2) is 0 Å². The van der Waals surface area contributed by atoms with Gasteiger partial charge in [0, 0.05) is 12.8 Å². The molecule has 2 aliphatic rings. The number of rotatable bonds is 2. The van der Waals surface area contributed by atoms with Crippen molar-refractivity contribution in [1.29, 1.82) is 0 Å². The molecule has 0 saturated carbocycles. The standard InChI is InChI=1S/C10H10O.2C6H6O/c1-2-6-9(5-1)11-10-7-3-4-8-10;2*7-6-4-2-1-3-5-6/h1-5,7H,6,8H2;2*1-5,7H. The largest absolute Gasteiger partial charge is 0.508 e. The number of phenols is 2. The van der Waals surface area contributed by atoms with Crippen LogP contribution in [0.15, 0.2) is 109 Å². The third-order valence-electron chi connectivity index (χ3n) is 3.25. The Bertz CT molecular complexity index is 676. The van der Waals surface area contributed by atoms with E-state index in [0.29, 0.717) is 11.5 Å². The van der Waals surface area contributed by atoms with Crippen LogP contribution in [0.3, 0.4) is 0 Å². The summed E-state index contributed by atoms with van der Waals surface area (Å²) in [7, 11) is 0. The lowest BCUT2D eigenvalue weighted by Gasteiger charge is -2.05. The van der Waals surface area contributed by atoms with Crippen LogP contribution in [-0.2, 0) is 4.74 Å². The molecule has 4 rings (SSSR count). The van der Waals surface area contributed by atoms with Crippen molar-refractivity contribution >= 4 is 0 Å². The molecule has 2 aromatic carbocycles. The summed E-state index contributed by atoms with van der Waals surface area (Å²) in [6, 6.07) is 17.4. The number of aromatic hydroxyl groups is 2. The summed E-state index contributed by atoms with van der Waals surface area (Å²) >= 11 is 0. The van der Waals surface area contributed by atoms with E-state index in [0.717, 1.165) is 24.4 Å². The first-order valence-electron chi connectivity index (χ1n) is 8.11. The summed E-state index contributed by atoms with van der Waals surface area (Å²) in [6.45, 7) is 0. The zero-order chi connectivity index (χ0) is 17.7. The van der Waals surface area contributed by atoms with Crippen molar-refractivity contribution in [3.8, 4) is 11.5 Å². The Balaban J connectivity index is 0.000000142. The minimum Gasteiger partial charge on any atom is -0.508 e. The summed E-state index contributed by atoms with van der Waals surface area (Å²) in [6.07, 6.45) is 14.2. The van der Waals surface area contributed by atoms with Crippen LogP contribution >= 0.6 is 0 Å². The molecule has 3 heteroatoms. The minimum absolute atomic E-state index is 0.322. The molecule has 0 spiro atoms. The van der Waals surface area contributed by atoms with Gasteiger partial charge in [0.25, 0.3) is 0 Å². The molecule has 0 unspecified atom stereocenters. The third kappa shape index (κ3) is 7.75. The molecule has 0 aliphatic heterocycles. The maximum absolute atomic E-state index is 8.63. The summed E-state index contributed by atoms with van der Waals surface area (Å²) in [5.74, 6) is 2.75. The van der Waals surface area contributed by atoms with Gasteiger partial charge in [-0.2, -0.15) is 0 Å². The second kappa shape index (κ2) is 10.6. The molecule has 3 nitrogen and oxygen atoms in total. The zero-order valence-electron chi connectivity index (χ0n) is 14.0. The summed E-state index contributed by atoms with van der Waals surface area (Å²) < 4.78 is 5.57. The van der Waals surface area contributed by atoms with Crippen LogP contribution in [0.5, 0.6) is 11.5 Å². The first kappa shape index (κ1) is 18.1. The predicted octanol–water partition coefficient (Wildman–Crippen LogP) is 5.48. The van der Waals surface area contributed by atoms with Gasteiger partial charge in [0.05, 0.1) is 0 Å². The van der Waals surface area contributed by atoms with E-state index in [1.807, 2.05) is 36.4 Å². The Kier molecular flexibility index (Phi) is 7.66. The molecule has 0 fully saturated rings. The Morgan fingerprint density at radius 2 is 1.00 bits per heavy atom. The highest BCUT2D eigenvalue weighted by atomic mass is 16.5. The summed E-state index contributed by atoms with van der Waals surface area (Å²) in [4.78, 5) is 0. The van der Waals surface area contributed by atoms with Gasteiger partial charge in [-0.05, 0) is 36.4 Å². The molecule has 0 bridgehead atoms. The molecule has 128 valence electrons. The van der Waals surface area contributed by atoms with Crippen molar-refractivity contribution in [2.75, 3.05) is 0 Å². The number of ether oxygens (including phenoxy) is 1. The molecule has 25 heavy (non-hydrogen) atoms. The number of hydrogen-bond acceptors (Lipinski definition) is 3. The predicted molar refractivity (Wildman–Crippen MR) is 101 cm³/mol. The van der Waals surface area contributed by atoms with Gasteiger partial charge in [-0.15, -0.1) is 0 Å². The van der Waals surface area contributed by atoms with Crippen molar-refractivity contribution in [3.63, 3.8) is 0 Å². The van der Waals surface area contributed by atoms with E-state index in [2.05, 4.69) is 12.2 Å². The fraction of sp³-hybridized carbons (Fsp3) is 0.0909. The van der Waals surface area contributed by atoms with E-state index in [1.54, 1.807) is 48.5 Å². The molecule has 0 saturated heterocycles. The van der Waals surface area contributed by atoms with E-state index < -0.39 is 0 Å². The first-order valence-corrected chi connectivity index (χ1v) is 8.11. The normalized spacial score (nSPS) is 13.8. The van der Waals surface area contributed by atoms with Crippen LogP contribution in [0, 0.1) is 0 Å². The van der Waals surface area contributed by atoms with Crippen molar-refractivity contribution in [1.82, 2.24) is 0 Å². The lowest BCUT2D eigenvalue weighted by atomic mass is 10.3. The highest BCUT2D eigenvalue weighted by Gasteiger charge is 2.05. The molecular formula is C22H22O3. The fourth-order valence-electron chi connectivity index (χ4n) is 2.03. The van der Waals surface area contributed by atoms with Crippen molar-refractivity contribution in [2.24, 2.45) is 0 Å². The molecule has 0 atom stereocenters. The highest BCUT2D eigenvalue weighted by Crippen LogP contribution is 2.20. The quantitative estimate of drug-likeness (QED) is 0.765. The van der Waals surface area contributed by atoms with Gasteiger partial charge in [-0.1, -0.05) is 60.7 Å². The minimum atomic E-state index is 0.322. The molecule has 0 amide bonds. The Hall–Kier alpha value is -3.20. The number of para-hydroxylation sites is 2. The lowest BCUT2D eigenvalue weighted by Crippen LogP contribution is -1.87. The van der Waals surface area contributed by atoms with Gasteiger partial charge >= 0.3 is 0 Å². The topological polar surface area (TPSA) is 49.7 Å². The van der Waals surface area contributed by atoms with Gasteiger partial charge < -0.3 is 14.9 Å². The van der Waals surface area contributed by atoms with Crippen LogP contribution < -0.4 is 0 Å². The monoisotopic (exact) mass is 334 g/mol. The van der Waals surface area contributed by atoms with Gasteiger partial charge in [-0.25, -0.2) is 0 Å². The maximum atomic E-state index is 8.63. The van der Waals surface area contributed by atoms with E-state index in [1.165, 1.54) is 0 Å². The van der Waals surface area contributed by atoms with E-state index >= 15 is 0 Å². The molecular weight excluding hydrogens is 312 g/mol. The molecule has 2 aromatic rings. The Labute approximate surface area is 148 Å². The second-order valence-corrected chi connectivity index (χ2v) is 5.30. The molecule has 0 aromatic heterocycles. The smallest absolute Gasteiger partial charge is 0.115 e. The molecule has 0 radical (unpaired) electrons. The average molecular weight is 334 g/mol. The van der Waals surface area contributed by atoms with E-state index in [4.69, 9.17) is 14.9 Å². The van der Waals surface area contributed by atoms with E-state index in [9.17, 15) is 0 Å².